The largest absolute Gasteiger partial charge is 0.673 e. The molecule has 0 spiro atoms. The van der Waals surface area contributed by atoms with Crippen molar-refractivity contribution in [2.75, 3.05) is 6.54 Å². The maximum Gasteiger partial charge on any atom is 0.673 e. The lowest BCUT2D eigenvalue weighted by atomic mass is 10.2. The van der Waals surface area contributed by atoms with Gasteiger partial charge in [0.25, 0.3) is 0 Å². The van der Waals surface area contributed by atoms with E-state index in [0.717, 1.165) is 13.1 Å². The zero-order valence-corrected chi connectivity index (χ0v) is 11.7. The van der Waals surface area contributed by atoms with E-state index in [1.807, 2.05) is 0 Å². The summed E-state index contributed by atoms with van der Waals surface area (Å²) in [5.41, 5.74) is 0. The number of hydrogen-bond acceptors (Lipinski definition) is 1. The molecule has 1 fully saturated rings. The van der Waals surface area contributed by atoms with Gasteiger partial charge in [0, 0.05) is 6.04 Å². The van der Waals surface area contributed by atoms with Crippen LogP contribution in [0.25, 0.3) is 0 Å². The number of hydrogen-bond donors (Lipinski definition) is 1. The molecule has 0 bridgehead atoms. The molecular weight excluding hydrogens is 273 g/mol. The molecule has 1 saturated heterocycles. The van der Waals surface area contributed by atoms with E-state index in [9.17, 15) is 17.3 Å². The first-order chi connectivity index (χ1) is 9.38. The summed E-state index contributed by atoms with van der Waals surface area (Å²) in [5, 5.41) is 3.53. The Kier molecular flexibility index (Phi) is 7.05. The standard InChI is InChI=1S/C12H22N3.BF4/c1-2-3-7-14-8-9-15(11-14)10-12-5-4-6-13-12;2-1(3,4)5/h8-9,11-13H,2-7,10H2,1H3;/q+1;-1/t12-;/m0./s1. The van der Waals surface area contributed by atoms with Gasteiger partial charge in [-0.15, -0.1) is 0 Å². The molecule has 0 radical (unpaired) electrons. The molecule has 0 aromatic carbocycles. The van der Waals surface area contributed by atoms with Crippen LogP contribution in [-0.2, 0) is 13.1 Å². The molecule has 116 valence electrons. The number of aryl methyl sites for hydroxylation is 1. The summed E-state index contributed by atoms with van der Waals surface area (Å²) in [6.07, 6.45) is 11.8. The number of aromatic nitrogens is 2. The van der Waals surface area contributed by atoms with Gasteiger partial charge in [0.1, 0.15) is 18.9 Å². The van der Waals surface area contributed by atoms with Crippen LogP contribution in [0.5, 0.6) is 0 Å². The molecular formula is C12H22BF4N3. The van der Waals surface area contributed by atoms with Crippen LogP contribution in [0, 0.1) is 0 Å². The molecule has 1 aliphatic heterocycles. The molecule has 1 N–H and O–H groups in total. The van der Waals surface area contributed by atoms with E-state index >= 15 is 0 Å². The first kappa shape index (κ1) is 17.0. The molecule has 3 nitrogen and oxygen atoms in total. The zero-order valence-electron chi connectivity index (χ0n) is 11.7. The molecule has 0 unspecified atom stereocenters. The molecule has 2 heterocycles. The Labute approximate surface area is 117 Å². The maximum absolute atomic E-state index is 9.75. The van der Waals surface area contributed by atoms with Gasteiger partial charge in [-0.2, -0.15) is 0 Å². The predicted molar refractivity (Wildman–Crippen MR) is 70.7 cm³/mol. The second kappa shape index (κ2) is 8.29. The van der Waals surface area contributed by atoms with E-state index in [4.69, 9.17) is 0 Å². The van der Waals surface area contributed by atoms with Crippen molar-refractivity contribution in [3.05, 3.63) is 18.7 Å². The summed E-state index contributed by atoms with van der Waals surface area (Å²) in [6, 6.07) is 0.692. The van der Waals surface area contributed by atoms with Gasteiger partial charge in [0.2, 0.25) is 6.33 Å². The fourth-order valence-electron chi connectivity index (χ4n) is 2.19. The van der Waals surface area contributed by atoms with E-state index < -0.39 is 7.25 Å². The highest BCUT2D eigenvalue weighted by molar-refractivity contribution is 6.50. The number of imidazole rings is 1. The summed E-state index contributed by atoms with van der Waals surface area (Å²) in [6.45, 7) is 5.71. The Balaban J connectivity index is 0.000000347. The second-order valence-corrected chi connectivity index (χ2v) is 4.99. The Morgan fingerprint density at radius 3 is 2.60 bits per heavy atom. The highest BCUT2D eigenvalue weighted by Gasteiger charge is 2.20. The minimum absolute atomic E-state index is 0.692. The molecule has 20 heavy (non-hydrogen) atoms. The van der Waals surface area contributed by atoms with Crippen LogP contribution < -0.4 is 9.88 Å². The average molecular weight is 295 g/mol. The molecule has 2 rings (SSSR count). The normalized spacial score (nSPS) is 18.8. The fourth-order valence-corrected chi connectivity index (χ4v) is 2.19. The van der Waals surface area contributed by atoms with Crippen molar-refractivity contribution in [2.24, 2.45) is 0 Å². The van der Waals surface area contributed by atoms with E-state index in [0.29, 0.717) is 6.04 Å². The summed E-state index contributed by atoms with van der Waals surface area (Å²) in [4.78, 5) is 0. The van der Waals surface area contributed by atoms with Crippen LogP contribution in [0.15, 0.2) is 18.7 Å². The first-order valence-corrected chi connectivity index (χ1v) is 7.04. The van der Waals surface area contributed by atoms with E-state index in [1.54, 1.807) is 0 Å². The van der Waals surface area contributed by atoms with Crippen LogP contribution in [0.2, 0.25) is 0 Å². The summed E-state index contributed by atoms with van der Waals surface area (Å²) in [5.74, 6) is 0. The van der Waals surface area contributed by atoms with Gasteiger partial charge in [-0.1, -0.05) is 13.3 Å². The first-order valence-electron chi connectivity index (χ1n) is 7.04. The van der Waals surface area contributed by atoms with Crippen LogP contribution >= 0.6 is 0 Å². The van der Waals surface area contributed by atoms with E-state index in [1.165, 1.54) is 32.2 Å². The minimum Gasteiger partial charge on any atom is -0.418 e. The highest BCUT2D eigenvalue weighted by Crippen LogP contribution is 2.06. The smallest absolute Gasteiger partial charge is 0.418 e. The van der Waals surface area contributed by atoms with Gasteiger partial charge in [-0.25, -0.2) is 9.13 Å². The average Bonchev–Trinajstić information content (AvgIpc) is 2.96. The van der Waals surface area contributed by atoms with Crippen molar-refractivity contribution >= 4 is 7.25 Å². The number of nitrogens with one attached hydrogen (secondary N) is 1. The van der Waals surface area contributed by atoms with Crippen LogP contribution in [-0.4, -0.2) is 24.4 Å². The third-order valence-electron chi connectivity index (χ3n) is 3.11. The summed E-state index contributed by atoms with van der Waals surface area (Å²) >= 11 is 0. The second-order valence-electron chi connectivity index (χ2n) is 4.99. The Hall–Kier alpha value is -1.05. The van der Waals surface area contributed by atoms with Crippen molar-refractivity contribution in [1.82, 2.24) is 9.88 Å². The van der Waals surface area contributed by atoms with Gasteiger partial charge >= 0.3 is 7.25 Å². The lowest BCUT2D eigenvalue weighted by Crippen LogP contribution is -2.41. The third kappa shape index (κ3) is 8.19. The monoisotopic (exact) mass is 295 g/mol. The van der Waals surface area contributed by atoms with Gasteiger partial charge < -0.3 is 22.6 Å². The number of rotatable bonds is 5. The van der Waals surface area contributed by atoms with Crippen LogP contribution in [0.1, 0.15) is 32.6 Å². The van der Waals surface area contributed by atoms with Gasteiger partial charge in [-0.3, -0.25) is 0 Å². The van der Waals surface area contributed by atoms with Gasteiger partial charge in [0.05, 0.1) is 6.54 Å². The lowest BCUT2D eigenvalue weighted by Gasteiger charge is -2.05. The topological polar surface area (TPSA) is 20.8 Å². The molecule has 0 amide bonds. The number of nitrogens with zero attached hydrogens (tertiary/aromatic N) is 2. The number of unbranched alkanes of at least 4 members (excludes halogenated alkanes) is 1. The predicted octanol–water partition coefficient (Wildman–Crippen LogP) is 2.63. The fraction of sp³-hybridized carbons (Fsp3) is 0.750. The lowest BCUT2D eigenvalue weighted by molar-refractivity contribution is -0.698. The van der Waals surface area contributed by atoms with Crippen molar-refractivity contribution in [3.8, 4) is 0 Å². The van der Waals surface area contributed by atoms with Gasteiger partial charge in [-0.05, 0) is 25.8 Å². The molecule has 1 aromatic heterocycles. The summed E-state index contributed by atoms with van der Waals surface area (Å²) in [7, 11) is -6.00. The van der Waals surface area contributed by atoms with Gasteiger partial charge in [0.15, 0.2) is 0 Å². The molecule has 1 atom stereocenters. The van der Waals surface area contributed by atoms with Crippen molar-refractivity contribution in [2.45, 2.75) is 51.7 Å². The van der Waals surface area contributed by atoms with Crippen molar-refractivity contribution in [3.63, 3.8) is 0 Å². The number of halogens is 4. The minimum atomic E-state index is -6.00. The molecule has 1 aromatic rings. The third-order valence-corrected chi connectivity index (χ3v) is 3.11. The quantitative estimate of drug-likeness (QED) is 0.503. The SMILES string of the molecule is CCCCn1cc[n+](C[C@@H]2CCCN2)c1.F[B-](F)(F)F. The Morgan fingerprint density at radius 2 is 2.05 bits per heavy atom. The van der Waals surface area contributed by atoms with Crippen LogP contribution in [0.3, 0.4) is 0 Å². The van der Waals surface area contributed by atoms with Crippen molar-refractivity contribution < 1.29 is 21.8 Å². The van der Waals surface area contributed by atoms with E-state index in [-0.39, 0.29) is 0 Å². The Morgan fingerprint density at radius 1 is 1.35 bits per heavy atom. The Bertz CT molecular complexity index is 369. The molecule has 0 aliphatic carbocycles. The molecule has 1 aliphatic rings. The molecule has 0 saturated carbocycles. The zero-order chi connectivity index (χ0) is 15.0. The maximum atomic E-state index is 9.75. The summed E-state index contributed by atoms with van der Waals surface area (Å²) < 4.78 is 43.6. The highest BCUT2D eigenvalue weighted by atomic mass is 19.5. The van der Waals surface area contributed by atoms with E-state index in [2.05, 4.69) is 40.1 Å². The molecule has 8 heteroatoms. The van der Waals surface area contributed by atoms with Crippen molar-refractivity contribution in [1.29, 1.82) is 0 Å². The van der Waals surface area contributed by atoms with Crippen LogP contribution in [0.4, 0.5) is 17.3 Å².